The molecule has 0 saturated carbocycles. The summed E-state index contributed by atoms with van der Waals surface area (Å²) < 4.78 is 4.28. The van der Waals surface area contributed by atoms with Crippen molar-refractivity contribution in [1.82, 2.24) is 4.57 Å². The maximum absolute atomic E-state index is 4.92. The van der Waals surface area contributed by atoms with E-state index in [9.17, 15) is 0 Å². The van der Waals surface area contributed by atoms with Gasteiger partial charge < -0.3 is 0 Å². The first kappa shape index (κ1) is 15.7. The number of imidazole rings is 1. The third-order valence-electron chi connectivity index (χ3n) is 4.26. The van der Waals surface area contributed by atoms with E-state index in [1.165, 1.54) is 12.2 Å². The largest absolute Gasteiger partial charge is 0.303 e. The summed E-state index contributed by atoms with van der Waals surface area (Å²) in [6.07, 6.45) is 14.3. The molecule has 0 saturated heterocycles. The van der Waals surface area contributed by atoms with Gasteiger partial charge in [0.1, 0.15) is 18.1 Å². The van der Waals surface area contributed by atoms with Gasteiger partial charge >= 0.3 is 5.82 Å². The summed E-state index contributed by atoms with van der Waals surface area (Å²) >= 11 is 0. The van der Waals surface area contributed by atoms with Crippen molar-refractivity contribution in [3.63, 3.8) is 0 Å². The number of nitrogens with zero attached hydrogens (tertiary/aromatic N) is 3. The lowest BCUT2D eigenvalue weighted by Gasteiger charge is -2.13. The van der Waals surface area contributed by atoms with E-state index in [0.717, 1.165) is 24.3 Å². The number of hydrogen-bond acceptors (Lipinski definition) is 1. The lowest BCUT2D eigenvalue weighted by molar-refractivity contribution is -0.672. The second-order valence-electron chi connectivity index (χ2n) is 6.23. The number of allylic oxidation sites excluding steroid dienone is 3. The summed E-state index contributed by atoms with van der Waals surface area (Å²) in [5.74, 6) is 2.55. The Hall–Kier alpha value is -1.64. The second-order valence-corrected chi connectivity index (χ2v) is 6.23. The van der Waals surface area contributed by atoms with Gasteiger partial charge in [-0.2, -0.15) is 0 Å². The summed E-state index contributed by atoms with van der Waals surface area (Å²) in [4.78, 5) is 4.92. The molecule has 0 fully saturated rings. The molecule has 1 heterocycles. The van der Waals surface area contributed by atoms with E-state index < -0.39 is 0 Å². The lowest BCUT2D eigenvalue weighted by Crippen LogP contribution is -2.35. The van der Waals surface area contributed by atoms with Crippen LogP contribution in [0.4, 0.5) is 0 Å². The van der Waals surface area contributed by atoms with Gasteiger partial charge in [-0.25, -0.2) is 14.1 Å². The molecule has 0 amide bonds. The SMILES string of the molecule is CC/C(=N\C1=CCCC(C(C)C)C=C1)c1n(C)cc[n+]1C. The van der Waals surface area contributed by atoms with Crippen LogP contribution in [0.5, 0.6) is 0 Å². The van der Waals surface area contributed by atoms with Gasteiger partial charge in [-0.15, -0.1) is 0 Å². The van der Waals surface area contributed by atoms with Crippen molar-refractivity contribution in [2.45, 2.75) is 40.0 Å². The van der Waals surface area contributed by atoms with Crippen LogP contribution in [0.3, 0.4) is 0 Å². The molecule has 0 aromatic carbocycles. The minimum Gasteiger partial charge on any atom is -0.245 e. The highest BCUT2D eigenvalue weighted by atomic mass is 15.1. The van der Waals surface area contributed by atoms with E-state index in [0.29, 0.717) is 11.8 Å². The molecule has 1 aliphatic carbocycles. The first-order valence-electron chi connectivity index (χ1n) is 8.00. The minimum atomic E-state index is 0.671. The number of aliphatic imine (C=N–C) groups is 1. The van der Waals surface area contributed by atoms with Crippen LogP contribution in [0, 0.1) is 11.8 Å². The quantitative estimate of drug-likeness (QED) is 0.596. The van der Waals surface area contributed by atoms with Crippen LogP contribution in [0.15, 0.2) is 41.3 Å². The van der Waals surface area contributed by atoms with Crippen LogP contribution >= 0.6 is 0 Å². The fourth-order valence-electron chi connectivity index (χ4n) is 2.89. The molecule has 1 aromatic rings. The molecule has 0 aliphatic heterocycles. The molecule has 1 aromatic heterocycles. The molecule has 0 radical (unpaired) electrons. The zero-order valence-corrected chi connectivity index (χ0v) is 14.0. The molecule has 0 N–H and O–H groups in total. The molecule has 1 atom stereocenters. The Kier molecular flexibility index (Phi) is 5.16. The molecule has 2 rings (SSSR count). The first-order valence-corrected chi connectivity index (χ1v) is 8.00. The molecule has 1 unspecified atom stereocenters. The Morgan fingerprint density at radius 1 is 1.48 bits per heavy atom. The van der Waals surface area contributed by atoms with Crippen molar-refractivity contribution in [1.29, 1.82) is 0 Å². The van der Waals surface area contributed by atoms with Gasteiger partial charge in [0.15, 0.2) is 0 Å². The Bertz CT molecular complexity index is 554. The topological polar surface area (TPSA) is 21.2 Å². The van der Waals surface area contributed by atoms with Gasteiger partial charge in [-0.3, -0.25) is 0 Å². The van der Waals surface area contributed by atoms with Crippen molar-refractivity contribution < 1.29 is 4.57 Å². The van der Waals surface area contributed by atoms with E-state index in [1.807, 2.05) is 0 Å². The van der Waals surface area contributed by atoms with Gasteiger partial charge in [-0.05, 0) is 37.2 Å². The predicted octanol–water partition coefficient (Wildman–Crippen LogP) is 3.55. The number of hydrogen-bond donors (Lipinski definition) is 0. The summed E-state index contributed by atoms with van der Waals surface area (Å²) in [5, 5.41) is 0. The van der Waals surface area contributed by atoms with E-state index >= 15 is 0 Å². The molecule has 114 valence electrons. The van der Waals surface area contributed by atoms with Crippen molar-refractivity contribution in [3.8, 4) is 0 Å². The zero-order valence-electron chi connectivity index (χ0n) is 14.0. The molecule has 1 aliphatic rings. The lowest BCUT2D eigenvalue weighted by atomic mass is 9.92. The Labute approximate surface area is 128 Å². The van der Waals surface area contributed by atoms with E-state index in [4.69, 9.17) is 4.99 Å². The fourth-order valence-corrected chi connectivity index (χ4v) is 2.89. The maximum atomic E-state index is 4.92. The standard InChI is InChI=1S/C18H28N3/c1-6-17(18-20(4)12-13-21(18)5)19-16-9-7-8-15(10-11-16)14(2)3/h9-15H,6-8H2,1-5H3/q+1/b19-17+. The van der Waals surface area contributed by atoms with Crippen LogP contribution in [0.2, 0.25) is 0 Å². The first-order chi connectivity index (χ1) is 10.0. The molecule has 0 bridgehead atoms. The highest BCUT2D eigenvalue weighted by molar-refractivity contribution is 5.97. The van der Waals surface area contributed by atoms with Crippen molar-refractivity contribution in [3.05, 3.63) is 42.1 Å². The third kappa shape index (κ3) is 3.72. The summed E-state index contributed by atoms with van der Waals surface area (Å²) in [7, 11) is 4.15. The van der Waals surface area contributed by atoms with Gasteiger partial charge in [0.25, 0.3) is 0 Å². The number of aryl methyl sites for hydroxylation is 2. The van der Waals surface area contributed by atoms with Gasteiger partial charge in [-0.1, -0.05) is 32.9 Å². The van der Waals surface area contributed by atoms with E-state index in [2.05, 4.69) is 74.6 Å². The van der Waals surface area contributed by atoms with Crippen LogP contribution in [0.1, 0.15) is 45.9 Å². The average molecular weight is 286 g/mol. The molecule has 3 nitrogen and oxygen atoms in total. The summed E-state index contributed by atoms with van der Waals surface area (Å²) in [6.45, 7) is 6.76. The normalized spacial score (nSPS) is 19.8. The molecule has 3 heteroatoms. The monoisotopic (exact) mass is 286 g/mol. The zero-order chi connectivity index (χ0) is 15.4. The second kappa shape index (κ2) is 6.88. The Morgan fingerprint density at radius 3 is 2.81 bits per heavy atom. The maximum Gasteiger partial charge on any atom is 0.303 e. The van der Waals surface area contributed by atoms with Crippen LogP contribution < -0.4 is 4.57 Å². The molecular formula is C18H28N3+. The smallest absolute Gasteiger partial charge is 0.245 e. The predicted molar refractivity (Wildman–Crippen MR) is 88.2 cm³/mol. The van der Waals surface area contributed by atoms with Gasteiger partial charge in [0.05, 0.1) is 19.8 Å². The highest BCUT2D eigenvalue weighted by Gasteiger charge is 2.18. The highest BCUT2D eigenvalue weighted by Crippen LogP contribution is 2.23. The molecule has 0 spiro atoms. The van der Waals surface area contributed by atoms with Crippen molar-refractivity contribution >= 4 is 5.71 Å². The van der Waals surface area contributed by atoms with Crippen LogP contribution in [-0.4, -0.2) is 10.3 Å². The van der Waals surface area contributed by atoms with E-state index in [1.54, 1.807) is 0 Å². The van der Waals surface area contributed by atoms with Crippen molar-refractivity contribution in [2.75, 3.05) is 0 Å². The number of rotatable bonds is 4. The Morgan fingerprint density at radius 2 is 2.24 bits per heavy atom. The third-order valence-corrected chi connectivity index (χ3v) is 4.26. The fraction of sp³-hybridized carbons (Fsp3) is 0.556. The van der Waals surface area contributed by atoms with Crippen molar-refractivity contribution in [2.24, 2.45) is 30.9 Å². The molecule has 21 heavy (non-hydrogen) atoms. The summed E-state index contributed by atoms with van der Waals surface area (Å²) in [6, 6.07) is 0. The van der Waals surface area contributed by atoms with Gasteiger partial charge in [0.2, 0.25) is 0 Å². The number of aromatic nitrogens is 2. The minimum absolute atomic E-state index is 0.671. The Balaban J connectivity index is 2.28. The van der Waals surface area contributed by atoms with Crippen LogP contribution in [0.25, 0.3) is 0 Å². The average Bonchev–Trinajstić information content (AvgIpc) is 2.67. The van der Waals surface area contributed by atoms with Crippen LogP contribution in [-0.2, 0) is 14.1 Å². The van der Waals surface area contributed by atoms with Gasteiger partial charge in [0, 0.05) is 0 Å². The molecular weight excluding hydrogens is 258 g/mol. The summed E-state index contributed by atoms with van der Waals surface area (Å²) in [5.41, 5.74) is 2.25. The van der Waals surface area contributed by atoms with E-state index in [-0.39, 0.29) is 0 Å².